The zero-order chi connectivity index (χ0) is 15.9. The summed E-state index contributed by atoms with van der Waals surface area (Å²) in [6.07, 6.45) is 4.89. The van der Waals surface area contributed by atoms with Crippen LogP contribution in [0.25, 0.3) is 0 Å². The molecule has 0 radical (unpaired) electrons. The standard InChI is InChI=1S/C15H20ClN5O/c1-9-5-6-10(11(16)12(9)22)21-14(18)19-13(17)20-15(21)7-3-2-4-8-15/h5-6,22H,2-4,7-8H2,1H3,(H4,17,18,19,20). The molecule has 1 saturated carbocycles. The van der Waals surface area contributed by atoms with Crippen LogP contribution in [0.4, 0.5) is 5.69 Å². The van der Waals surface area contributed by atoms with E-state index in [4.69, 9.17) is 23.1 Å². The van der Waals surface area contributed by atoms with Gasteiger partial charge in [0.25, 0.3) is 0 Å². The van der Waals surface area contributed by atoms with Gasteiger partial charge in [-0.3, -0.25) is 4.90 Å². The van der Waals surface area contributed by atoms with Crippen LogP contribution in [0.5, 0.6) is 5.75 Å². The second-order valence-electron chi connectivity index (χ2n) is 5.88. The minimum absolute atomic E-state index is 0.0560. The average Bonchev–Trinajstić information content (AvgIpc) is 2.47. The molecule has 7 heteroatoms. The number of halogens is 1. The highest BCUT2D eigenvalue weighted by atomic mass is 35.5. The van der Waals surface area contributed by atoms with Gasteiger partial charge in [-0.25, -0.2) is 4.99 Å². The minimum Gasteiger partial charge on any atom is -0.506 e. The number of nitrogens with zero attached hydrogens (tertiary/aromatic N) is 3. The minimum atomic E-state index is -0.556. The third kappa shape index (κ3) is 2.27. The first-order valence-corrected chi connectivity index (χ1v) is 7.80. The third-order valence-corrected chi connectivity index (χ3v) is 4.76. The van der Waals surface area contributed by atoms with E-state index in [1.807, 2.05) is 17.0 Å². The van der Waals surface area contributed by atoms with Crippen molar-refractivity contribution < 1.29 is 5.11 Å². The molecule has 3 rings (SSSR count). The van der Waals surface area contributed by atoms with E-state index >= 15 is 0 Å². The first-order chi connectivity index (χ1) is 10.4. The molecule has 22 heavy (non-hydrogen) atoms. The molecule has 1 aliphatic carbocycles. The van der Waals surface area contributed by atoms with Crippen molar-refractivity contribution in [1.29, 1.82) is 0 Å². The van der Waals surface area contributed by atoms with E-state index < -0.39 is 5.66 Å². The summed E-state index contributed by atoms with van der Waals surface area (Å²) in [6, 6.07) is 3.65. The molecule has 1 aliphatic heterocycles. The van der Waals surface area contributed by atoms with Crippen LogP contribution in [0.15, 0.2) is 22.1 Å². The fraction of sp³-hybridized carbons (Fsp3) is 0.467. The molecule has 1 aromatic carbocycles. The lowest BCUT2D eigenvalue weighted by Gasteiger charge is -2.45. The monoisotopic (exact) mass is 321 g/mol. The zero-order valence-electron chi connectivity index (χ0n) is 12.5. The van der Waals surface area contributed by atoms with Crippen molar-refractivity contribution in [2.45, 2.75) is 44.7 Å². The van der Waals surface area contributed by atoms with E-state index in [9.17, 15) is 5.11 Å². The van der Waals surface area contributed by atoms with E-state index in [1.165, 1.54) is 0 Å². The zero-order valence-corrected chi connectivity index (χ0v) is 13.3. The molecule has 0 aromatic heterocycles. The van der Waals surface area contributed by atoms with Gasteiger partial charge in [-0.15, -0.1) is 0 Å². The predicted molar refractivity (Wildman–Crippen MR) is 89.4 cm³/mol. The molecular weight excluding hydrogens is 302 g/mol. The summed E-state index contributed by atoms with van der Waals surface area (Å²) in [4.78, 5) is 10.5. The summed E-state index contributed by atoms with van der Waals surface area (Å²) in [7, 11) is 0. The SMILES string of the molecule is Cc1ccc(N2C(N)=NC(N)=NC23CCCCC3)c(Cl)c1O. The molecule has 0 amide bonds. The second-order valence-corrected chi connectivity index (χ2v) is 6.26. The van der Waals surface area contributed by atoms with Crippen molar-refractivity contribution in [2.75, 3.05) is 4.90 Å². The van der Waals surface area contributed by atoms with Crippen molar-refractivity contribution in [3.63, 3.8) is 0 Å². The molecule has 118 valence electrons. The summed E-state index contributed by atoms with van der Waals surface area (Å²) in [5.41, 5.74) is 12.7. The molecule has 0 atom stereocenters. The van der Waals surface area contributed by atoms with Gasteiger partial charge in [0.2, 0.25) is 11.9 Å². The molecule has 1 heterocycles. The molecule has 1 aromatic rings. The number of aromatic hydroxyl groups is 1. The fourth-order valence-electron chi connectivity index (χ4n) is 3.29. The quantitative estimate of drug-likeness (QED) is 0.739. The Morgan fingerprint density at radius 3 is 2.59 bits per heavy atom. The molecule has 2 aliphatic rings. The number of nitrogens with two attached hydrogens (primary N) is 2. The Bertz CT molecular complexity index is 664. The lowest BCUT2D eigenvalue weighted by atomic mass is 9.87. The Kier molecular flexibility index (Phi) is 3.64. The lowest BCUT2D eigenvalue weighted by Crippen LogP contribution is -2.58. The highest BCUT2D eigenvalue weighted by molar-refractivity contribution is 6.35. The van der Waals surface area contributed by atoms with Crippen LogP contribution in [0.1, 0.15) is 37.7 Å². The van der Waals surface area contributed by atoms with E-state index in [0.717, 1.165) is 32.1 Å². The van der Waals surface area contributed by atoms with Crippen LogP contribution in [0.3, 0.4) is 0 Å². The van der Waals surface area contributed by atoms with Crippen LogP contribution in [-0.4, -0.2) is 22.7 Å². The van der Waals surface area contributed by atoms with Crippen LogP contribution >= 0.6 is 11.6 Å². The lowest BCUT2D eigenvalue weighted by molar-refractivity contribution is 0.305. The summed E-state index contributed by atoms with van der Waals surface area (Å²) >= 11 is 6.35. The number of aliphatic imine (C=N–C) groups is 2. The van der Waals surface area contributed by atoms with Gasteiger partial charge < -0.3 is 16.6 Å². The van der Waals surface area contributed by atoms with Gasteiger partial charge in [0, 0.05) is 0 Å². The summed E-state index contributed by atoms with van der Waals surface area (Å²) in [5, 5.41) is 10.4. The van der Waals surface area contributed by atoms with Crippen LogP contribution < -0.4 is 16.4 Å². The Balaban J connectivity index is 2.14. The number of hydrogen-bond acceptors (Lipinski definition) is 6. The molecule has 5 N–H and O–H groups in total. The van der Waals surface area contributed by atoms with Crippen molar-refractivity contribution in [1.82, 2.24) is 0 Å². The van der Waals surface area contributed by atoms with Gasteiger partial charge in [-0.2, -0.15) is 4.99 Å². The van der Waals surface area contributed by atoms with Crippen LogP contribution in [0, 0.1) is 6.92 Å². The number of hydrogen-bond donors (Lipinski definition) is 3. The second kappa shape index (κ2) is 5.35. The Morgan fingerprint density at radius 1 is 1.23 bits per heavy atom. The number of anilines is 1. The van der Waals surface area contributed by atoms with Gasteiger partial charge in [0.1, 0.15) is 16.4 Å². The number of phenolic OH excluding ortho intramolecular Hbond substituents is 1. The Hall–Kier alpha value is -1.95. The number of rotatable bonds is 1. The topological polar surface area (TPSA) is 100 Å². The van der Waals surface area contributed by atoms with Gasteiger partial charge in [-0.05, 0) is 44.2 Å². The van der Waals surface area contributed by atoms with Crippen molar-refractivity contribution in [2.24, 2.45) is 21.5 Å². The molecule has 0 unspecified atom stereocenters. The number of guanidine groups is 2. The van der Waals surface area contributed by atoms with E-state index in [-0.39, 0.29) is 22.7 Å². The Labute approximate surface area is 134 Å². The maximum absolute atomic E-state index is 10.1. The summed E-state index contributed by atoms with van der Waals surface area (Å²) in [5.74, 6) is 0.517. The smallest absolute Gasteiger partial charge is 0.220 e. The highest BCUT2D eigenvalue weighted by Gasteiger charge is 2.43. The molecule has 0 saturated heterocycles. The summed E-state index contributed by atoms with van der Waals surface area (Å²) in [6.45, 7) is 1.80. The van der Waals surface area contributed by atoms with Crippen LogP contribution in [0.2, 0.25) is 5.02 Å². The molecular formula is C15H20ClN5O. The van der Waals surface area contributed by atoms with E-state index in [0.29, 0.717) is 11.3 Å². The van der Waals surface area contributed by atoms with Gasteiger partial charge in [-0.1, -0.05) is 24.1 Å². The Morgan fingerprint density at radius 2 is 1.91 bits per heavy atom. The van der Waals surface area contributed by atoms with Gasteiger partial charge >= 0.3 is 0 Å². The first kappa shape index (κ1) is 15.0. The maximum atomic E-state index is 10.1. The molecule has 1 fully saturated rings. The number of benzene rings is 1. The molecule has 6 nitrogen and oxygen atoms in total. The van der Waals surface area contributed by atoms with Gasteiger partial charge in [0.15, 0.2) is 0 Å². The first-order valence-electron chi connectivity index (χ1n) is 7.42. The van der Waals surface area contributed by atoms with E-state index in [1.54, 1.807) is 6.92 Å². The normalized spacial score (nSPS) is 20.7. The number of aryl methyl sites for hydroxylation is 1. The van der Waals surface area contributed by atoms with E-state index in [2.05, 4.69) is 9.98 Å². The van der Waals surface area contributed by atoms with Crippen molar-refractivity contribution in [3.8, 4) is 5.75 Å². The average molecular weight is 322 g/mol. The summed E-state index contributed by atoms with van der Waals surface area (Å²) < 4.78 is 0. The van der Waals surface area contributed by atoms with Crippen molar-refractivity contribution in [3.05, 3.63) is 22.7 Å². The highest BCUT2D eigenvalue weighted by Crippen LogP contribution is 2.44. The van der Waals surface area contributed by atoms with Crippen molar-refractivity contribution >= 4 is 29.2 Å². The maximum Gasteiger partial charge on any atom is 0.220 e. The molecule has 0 bridgehead atoms. The predicted octanol–water partition coefficient (Wildman–Crippen LogP) is 2.46. The molecule has 1 spiro atoms. The fourth-order valence-corrected chi connectivity index (χ4v) is 3.59. The van der Waals surface area contributed by atoms with Crippen LogP contribution in [-0.2, 0) is 0 Å². The number of phenols is 1. The largest absolute Gasteiger partial charge is 0.506 e. The third-order valence-electron chi connectivity index (χ3n) is 4.39. The van der Waals surface area contributed by atoms with Gasteiger partial charge in [0.05, 0.1) is 5.69 Å².